The zero-order chi connectivity index (χ0) is 19.1. The summed E-state index contributed by atoms with van der Waals surface area (Å²) in [5.41, 5.74) is 0. The zero-order valence-corrected chi connectivity index (χ0v) is 14.9. The number of carbonyl (C=O) groups is 4. The predicted molar refractivity (Wildman–Crippen MR) is 90.2 cm³/mol. The van der Waals surface area contributed by atoms with Gasteiger partial charge in [-0.15, -0.1) is 0 Å². The number of thiol groups is 2. The maximum Gasteiger partial charge on any atom is 0.300 e. The van der Waals surface area contributed by atoms with Crippen molar-refractivity contribution in [3.8, 4) is 0 Å². The molecule has 0 bridgehead atoms. The number of hydrogen-bond acceptors (Lipinski definition) is 6. The predicted octanol–water partition coefficient (Wildman–Crippen LogP) is 1.99. The van der Waals surface area contributed by atoms with Crippen LogP contribution in [0, 0.1) is 0 Å². The van der Waals surface area contributed by atoms with Crippen LogP contribution in [0.15, 0.2) is 0 Å². The first kappa shape index (κ1) is 32.5. The van der Waals surface area contributed by atoms with Gasteiger partial charge < -0.3 is 20.4 Å². The highest BCUT2D eigenvalue weighted by Crippen LogP contribution is 1.91. The van der Waals surface area contributed by atoms with Crippen molar-refractivity contribution in [1.29, 1.82) is 0 Å². The first-order chi connectivity index (χ1) is 9.84. The van der Waals surface area contributed by atoms with Crippen molar-refractivity contribution in [1.82, 2.24) is 0 Å². The second-order valence-electron chi connectivity index (χ2n) is 3.23. The molecule has 8 nitrogen and oxygen atoms in total. The van der Waals surface area contributed by atoms with Crippen LogP contribution < -0.4 is 0 Å². The van der Waals surface area contributed by atoms with Crippen molar-refractivity contribution < 1.29 is 39.6 Å². The van der Waals surface area contributed by atoms with E-state index in [9.17, 15) is 0 Å². The van der Waals surface area contributed by atoms with E-state index in [1.165, 1.54) is 12.8 Å². The number of carboxylic acid groups (broad SMARTS) is 4. The van der Waals surface area contributed by atoms with E-state index < -0.39 is 23.9 Å². The van der Waals surface area contributed by atoms with Gasteiger partial charge in [-0.1, -0.05) is 0 Å². The first-order valence-electron chi connectivity index (χ1n) is 5.84. The molecule has 134 valence electrons. The Morgan fingerprint density at radius 2 is 0.682 bits per heavy atom. The highest BCUT2D eigenvalue weighted by molar-refractivity contribution is 7.80. The maximum absolute atomic E-state index is 9.00. The summed E-state index contributed by atoms with van der Waals surface area (Å²) in [7, 11) is 0. The van der Waals surface area contributed by atoms with E-state index in [2.05, 4.69) is 25.3 Å². The van der Waals surface area contributed by atoms with E-state index in [1.807, 2.05) is 0 Å². The average molecular weight is 362 g/mol. The number of aliphatic carboxylic acids is 4. The summed E-state index contributed by atoms with van der Waals surface area (Å²) >= 11 is 8.04. The third-order valence-electron chi connectivity index (χ3n) is 0.566. The summed E-state index contributed by atoms with van der Waals surface area (Å²) in [4.78, 5) is 36.0. The summed E-state index contributed by atoms with van der Waals surface area (Å²) in [6.45, 7) is 4.33. The molecule has 0 aromatic rings. The summed E-state index contributed by atoms with van der Waals surface area (Å²) in [6.07, 6.45) is 2.40. The number of rotatable bonds is 3. The normalized spacial score (nSPS) is 7.00. The molecule has 22 heavy (non-hydrogen) atoms. The lowest BCUT2D eigenvalue weighted by molar-refractivity contribution is -0.135. The molecule has 4 N–H and O–H groups in total. The second-order valence-corrected chi connectivity index (χ2v) is 4.12. The van der Waals surface area contributed by atoms with Crippen LogP contribution in [-0.4, -0.2) is 55.8 Å². The molecule has 0 aromatic carbocycles. The van der Waals surface area contributed by atoms with Gasteiger partial charge in [0.25, 0.3) is 23.9 Å². The Morgan fingerprint density at radius 1 is 0.591 bits per heavy atom. The fraction of sp³-hybridized carbons (Fsp3) is 0.667. The molecule has 0 atom stereocenters. The smallest absolute Gasteiger partial charge is 0.300 e. The van der Waals surface area contributed by atoms with Crippen LogP contribution >= 0.6 is 25.3 Å². The SMILES string of the molecule is CC(=O)O.CC(=O)O.CC(=O)O.CC(=O)O.SCCCCS. The molecule has 0 fully saturated rings. The van der Waals surface area contributed by atoms with Gasteiger partial charge in [-0.25, -0.2) is 0 Å². The summed E-state index contributed by atoms with van der Waals surface area (Å²) in [6, 6.07) is 0. The van der Waals surface area contributed by atoms with Gasteiger partial charge in [0.15, 0.2) is 0 Å². The highest BCUT2D eigenvalue weighted by atomic mass is 32.1. The lowest BCUT2D eigenvalue weighted by Crippen LogP contribution is -1.78. The van der Waals surface area contributed by atoms with Gasteiger partial charge in [0.05, 0.1) is 0 Å². The average Bonchev–Trinajstić information content (AvgIpc) is 2.23. The number of unbranched alkanes of at least 4 members (excludes halogenated alkanes) is 1. The molecule has 0 radical (unpaired) electrons. The van der Waals surface area contributed by atoms with Crippen molar-refractivity contribution in [2.45, 2.75) is 40.5 Å². The Kier molecular flexibility index (Phi) is 47.0. The van der Waals surface area contributed by atoms with Crippen molar-refractivity contribution in [2.24, 2.45) is 0 Å². The van der Waals surface area contributed by atoms with E-state index in [-0.39, 0.29) is 0 Å². The van der Waals surface area contributed by atoms with Gasteiger partial charge >= 0.3 is 0 Å². The fourth-order valence-electron chi connectivity index (χ4n) is 0.224. The first-order valence-corrected chi connectivity index (χ1v) is 7.11. The molecule has 0 spiro atoms. The molecule has 10 heteroatoms. The van der Waals surface area contributed by atoms with Crippen LogP contribution in [0.3, 0.4) is 0 Å². The fourth-order valence-corrected chi connectivity index (χ4v) is 0.671. The second kappa shape index (κ2) is 31.8. The van der Waals surface area contributed by atoms with Gasteiger partial charge in [-0.3, -0.25) is 19.2 Å². The molecule has 0 aliphatic carbocycles. The largest absolute Gasteiger partial charge is 0.481 e. The Balaban J connectivity index is -0.0000000555. The van der Waals surface area contributed by atoms with E-state index >= 15 is 0 Å². The minimum absolute atomic E-state index is 0.833. The molecule has 0 saturated heterocycles. The van der Waals surface area contributed by atoms with E-state index in [0.29, 0.717) is 0 Å². The van der Waals surface area contributed by atoms with Crippen molar-refractivity contribution in [3.63, 3.8) is 0 Å². The van der Waals surface area contributed by atoms with Gasteiger partial charge in [0.2, 0.25) is 0 Å². The number of hydrogen-bond donors (Lipinski definition) is 6. The van der Waals surface area contributed by atoms with Crippen LogP contribution in [0.25, 0.3) is 0 Å². The maximum atomic E-state index is 9.00. The quantitative estimate of drug-likeness (QED) is 0.330. The van der Waals surface area contributed by atoms with Crippen molar-refractivity contribution in [3.05, 3.63) is 0 Å². The third kappa shape index (κ3) is 2300. The van der Waals surface area contributed by atoms with Crippen LogP contribution in [0.4, 0.5) is 0 Å². The van der Waals surface area contributed by atoms with E-state index in [4.69, 9.17) is 39.6 Å². The van der Waals surface area contributed by atoms with Gasteiger partial charge in [0.1, 0.15) is 0 Å². The molecule has 0 aliphatic rings. The molecule has 0 unspecified atom stereocenters. The summed E-state index contributed by atoms with van der Waals surface area (Å²) < 4.78 is 0. The molecule has 0 aromatic heterocycles. The van der Waals surface area contributed by atoms with Crippen LogP contribution in [-0.2, 0) is 19.2 Å². The number of carboxylic acids is 4. The van der Waals surface area contributed by atoms with Crippen LogP contribution in [0.5, 0.6) is 0 Å². The molecule has 0 heterocycles. The van der Waals surface area contributed by atoms with E-state index in [0.717, 1.165) is 39.2 Å². The Bertz CT molecular complexity index is 214. The zero-order valence-electron chi connectivity index (χ0n) is 13.1. The third-order valence-corrected chi connectivity index (χ3v) is 1.20. The lowest BCUT2D eigenvalue weighted by Gasteiger charge is -1.85. The van der Waals surface area contributed by atoms with Gasteiger partial charge in [-0.05, 0) is 24.3 Å². The van der Waals surface area contributed by atoms with Crippen LogP contribution in [0.1, 0.15) is 40.5 Å². The molecule has 0 amide bonds. The summed E-state index contributed by atoms with van der Waals surface area (Å²) in [5, 5.41) is 29.7. The minimum Gasteiger partial charge on any atom is -0.481 e. The molecule has 0 saturated carbocycles. The Hall–Kier alpha value is -1.42. The molecule has 0 aliphatic heterocycles. The van der Waals surface area contributed by atoms with Crippen molar-refractivity contribution >= 4 is 49.1 Å². The highest BCUT2D eigenvalue weighted by Gasteiger charge is 1.76. The molecular formula is C12H26O8S2. The Morgan fingerprint density at radius 3 is 0.727 bits per heavy atom. The van der Waals surface area contributed by atoms with Gasteiger partial charge in [-0.2, -0.15) is 25.3 Å². The topological polar surface area (TPSA) is 149 Å². The molecular weight excluding hydrogens is 336 g/mol. The van der Waals surface area contributed by atoms with Crippen LogP contribution in [0.2, 0.25) is 0 Å². The standard InChI is InChI=1S/C4H10S2.4C2H4O2/c5-3-1-2-4-6;4*1-2(3)4/h5-6H,1-4H2;4*1H3,(H,3,4). The monoisotopic (exact) mass is 362 g/mol. The Labute approximate surface area is 141 Å². The summed E-state index contributed by atoms with van der Waals surface area (Å²) in [5.74, 6) is -1.33. The van der Waals surface area contributed by atoms with Crippen molar-refractivity contribution in [2.75, 3.05) is 11.5 Å². The van der Waals surface area contributed by atoms with Gasteiger partial charge in [0, 0.05) is 27.7 Å². The molecule has 0 rings (SSSR count). The van der Waals surface area contributed by atoms with E-state index in [1.54, 1.807) is 0 Å². The minimum atomic E-state index is -0.833. The lowest BCUT2D eigenvalue weighted by atomic mass is 10.4.